The highest BCUT2D eigenvalue weighted by Gasteiger charge is 2.38. The Morgan fingerprint density at radius 2 is 1.22 bits per heavy atom. The summed E-state index contributed by atoms with van der Waals surface area (Å²) in [5.74, 6) is 1.75. The summed E-state index contributed by atoms with van der Waals surface area (Å²) in [6, 6.07) is 22.3. The van der Waals surface area contributed by atoms with Crippen LogP contribution < -0.4 is 14.2 Å². The van der Waals surface area contributed by atoms with Gasteiger partial charge in [-0.1, -0.05) is 64.1 Å². The normalized spacial score (nSPS) is 12.7. The Balaban J connectivity index is 1.43. The van der Waals surface area contributed by atoms with Gasteiger partial charge in [-0.15, -0.1) is 0 Å². The van der Waals surface area contributed by atoms with Crippen molar-refractivity contribution in [2.24, 2.45) is 17.3 Å². The first-order valence-electron chi connectivity index (χ1n) is 13.7. The molecule has 0 fully saturated rings. The number of ether oxygens (including phenoxy) is 5. The Bertz CT molecular complexity index is 1280. The van der Waals surface area contributed by atoms with Crippen LogP contribution in [0, 0.1) is 17.3 Å². The summed E-state index contributed by atoms with van der Waals surface area (Å²) in [4.78, 5) is 24.7. The second kappa shape index (κ2) is 14.9. The molecular formula is C34H40O7. The third-order valence-electron chi connectivity index (χ3n) is 6.98. The fourth-order valence-electron chi connectivity index (χ4n) is 4.29. The number of benzene rings is 3. The number of rotatable bonds is 14. The highest BCUT2D eigenvalue weighted by molar-refractivity contribution is 5.87. The standard InChI is InChI=1S/C34H40O7/c1-24(2)21-34(5,25(3)4)33(36)41-23-39-31-18-12-28(13-19-31)27-10-16-30(17-11-27)38-22-40-32(35)20-9-26-7-14-29(37-6)15-8-26/h7-20,24-25H,21-23H2,1-6H3. The fourth-order valence-corrected chi connectivity index (χ4v) is 4.29. The van der Waals surface area contributed by atoms with Crippen molar-refractivity contribution in [3.05, 3.63) is 84.4 Å². The maximum atomic E-state index is 12.8. The Hall–Kier alpha value is -4.26. The molecule has 3 aromatic rings. The van der Waals surface area contributed by atoms with Crippen molar-refractivity contribution in [3.8, 4) is 28.4 Å². The second-order valence-electron chi connectivity index (χ2n) is 10.7. The number of methoxy groups -OCH3 is 1. The van der Waals surface area contributed by atoms with E-state index >= 15 is 0 Å². The van der Waals surface area contributed by atoms with Crippen molar-refractivity contribution in [2.45, 2.75) is 41.0 Å². The second-order valence-corrected chi connectivity index (χ2v) is 10.7. The summed E-state index contributed by atoms with van der Waals surface area (Å²) in [7, 11) is 1.60. The van der Waals surface area contributed by atoms with E-state index in [1.54, 1.807) is 13.2 Å². The quantitative estimate of drug-likeness (QED) is 0.114. The molecule has 0 saturated heterocycles. The number of carbonyl (C=O) groups is 2. The predicted molar refractivity (Wildman–Crippen MR) is 159 cm³/mol. The lowest BCUT2D eigenvalue weighted by molar-refractivity contribution is -0.165. The van der Waals surface area contributed by atoms with Gasteiger partial charge in [0.1, 0.15) is 17.2 Å². The number of hydrogen-bond acceptors (Lipinski definition) is 7. The Morgan fingerprint density at radius 3 is 1.68 bits per heavy atom. The lowest BCUT2D eigenvalue weighted by atomic mass is 9.73. The smallest absolute Gasteiger partial charge is 0.333 e. The van der Waals surface area contributed by atoms with Crippen LogP contribution in [0.1, 0.15) is 46.6 Å². The molecule has 0 aliphatic carbocycles. The number of hydrogen-bond donors (Lipinski definition) is 0. The summed E-state index contributed by atoms with van der Waals surface area (Å²) in [6.45, 7) is 9.92. The first-order chi connectivity index (χ1) is 19.6. The van der Waals surface area contributed by atoms with E-state index in [9.17, 15) is 9.59 Å². The third-order valence-corrected chi connectivity index (χ3v) is 6.98. The van der Waals surface area contributed by atoms with Gasteiger partial charge in [-0.2, -0.15) is 0 Å². The molecule has 7 nitrogen and oxygen atoms in total. The average molecular weight is 561 g/mol. The average Bonchev–Trinajstić information content (AvgIpc) is 2.96. The molecule has 0 bridgehead atoms. The van der Waals surface area contributed by atoms with Crippen molar-refractivity contribution >= 4 is 18.0 Å². The van der Waals surface area contributed by atoms with Crippen molar-refractivity contribution in [1.82, 2.24) is 0 Å². The molecule has 0 aromatic heterocycles. The van der Waals surface area contributed by atoms with Crippen molar-refractivity contribution < 1.29 is 33.3 Å². The minimum atomic E-state index is -0.548. The maximum absolute atomic E-state index is 12.8. The molecule has 0 heterocycles. The van der Waals surface area contributed by atoms with Crippen LogP contribution in [0.25, 0.3) is 17.2 Å². The van der Waals surface area contributed by atoms with E-state index in [1.807, 2.05) is 93.6 Å². The summed E-state index contributed by atoms with van der Waals surface area (Å²) in [5.41, 5.74) is 2.28. The Morgan fingerprint density at radius 1 is 0.732 bits per heavy atom. The monoisotopic (exact) mass is 560 g/mol. The molecule has 218 valence electrons. The largest absolute Gasteiger partial charge is 0.497 e. The number of esters is 2. The van der Waals surface area contributed by atoms with Crippen molar-refractivity contribution in [2.75, 3.05) is 20.7 Å². The SMILES string of the molecule is COc1ccc(C=CC(=O)OCOc2ccc(-c3ccc(OCOC(=O)C(C)(CC(C)C)C(C)C)cc3)cc2)cc1. The molecule has 1 atom stereocenters. The van der Waals surface area contributed by atoms with E-state index in [0.717, 1.165) is 28.9 Å². The van der Waals surface area contributed by atoms with Crippen LogP contribution in [0.3, 0.4) is 0 Å². The molecule has 3 rings (SSSR count). The van der Waals surface area contributed by atoms with Gasteiger partial charge in [0, 0.05) is 6.08 Å². The Kier molecular flexibility index (Phi) is 11.4. The molecule has 0 amide bonds. The van der Waals surface area contributed by atoms with Gasteiger partial charge in [0.25, 0.3) is 0 Å². The lowest BCUT2D eigenvalue weighted by Crippen LogP contribution is -2.37. The Labute approximate surface area is 243 Å². The van der Waals surface area contributed by atoms with E-state index in [4.69, 9.17) is 23.7 Å². The van der Waals surface area contributed by atoms with Crippen LogP contribution in [-0.4, -0.2) is 32.6 Å². The van der Waals surface area contributed by atoms with E-state index < -0.39 is 11.4 Å². The molecule has 0 aliphatic rings. The predicted octanol–water partition coefficient (Wildman–Crippen LogP) is 7.54. The highest BCUT2D eigenvalue weighted by Crippen LogP contribution is 2.35. The van der Waals surface area contributed by atoms with Crippen LogP contribution in [0.5, 0.6) is 17.2 Å². The van der Waals surface area contributed by atoms with E-state index in [0.29, 0.717) is 17.4 Å². The molecule has 0 aliphatic heterocycles. The molecular weight excluding hydrogens is 520 g/mol. The zero-order valence-electron chi connectivity index (χ0n) is 24.7. The fraction of sp³-hybridized carbons (Fsp3) is 0.353. The van der Waals surface area contributed by atoms with Crippen molar-refractivity contribution in [1.29, 1.82) is 0 Å². The van der Waals surface area contributed by atoms with Crippen LogP contribution >= 0.6 is 0 Å². The molecule has 0 N–H and O–H groups in total. The van der Waals surface area contributed by atoms with E-state index in [2.05, 4.69) is 13.8 Å². The topological polar surface area (TPSA) is 80.3 Å². The summed E-state index contributed by atoms with van der Waals surface area (Å²) in [6.07, 6.45) is 3.77. The van der Waals surface area contributed by atoms with Gasteiger partial charge in [-0.25, -0.2) is 4.79 Å². The first kappa shape index (κ1) is 31.3. The minimum absolute atomic E-state index is 0.132. The summed E-state index contributed by atoms with van der Waals surface area (Å²) < 4.78 is 26.9. The van der Waals surface area contributed by atoms with Gasteiger partial charge < -0.3 is 23.7 Å². The molecule has 0 radical (unpaired) electrons. The molecule has 0 spiro atoms. The van der Waals surface area contributed by atoms with Gasteiger partial charge in [-0.05, 0) is 84.3 Å². The zero-order valence-corrected chi connectivity index (χ0v) is 24.7. The molecule has 3 aromatic carbocycles. The van der Waals surface area contributed by atoms with Crippen LogP contribution in [0.15, 0.2) is 78.9 Å². The maximum Gasteiger partial charge on any atom is 0.333 e. The minimum Gasteiger partial charge on any atom is -0.497 e. The van der Waals surface area contributed by atoms with Gasteiger partial charge >= 0.3 is 11.9 Å². The molecule has 1 unspecified atom stereocenters. The molecule has 41 heavy (non-hydrogen) atoms. The van der Waals surface area contributed by atoms with E-state index in [1.165, 1.54) is 6.08 Å². The highest BCUT2D eigenvalue weighted by atomic mass is 16.7. The van der Waals surface area contributed by atoms with Gasteiger partial charge in [0.2, 0.25) is 13.6 Å². The number of carbonyl (C=O) groups excluding carboxylic acids is 2. The first-order valence-corrected chi connectivity index (χ1v) is 13.7. The van der Waals surface area contributed by atoms with Crippen LogP contribution in [-0.2, 0) is 19.1 Å². The summed E-state index contributed by atoms with van der Waals surface area (Å²) in [5, 5.41) is 0. The van der Waals surface area contributed by atoms with Crippen LogP contribution in [0.4, 0.5) is 0 Å². The van der Waals surface area contributed by atoms with E-state index in [-0.39, 0.29) is 25.5 Å². The molecule has 7 heteroatoms. The van der Waals surface area contributed by atoms with Crippen LogP contribution in [0.2, 0.25) is 0 Å². The molecule has 0 saturated carbocycles. The lowest BCUT2D eigenvalue weighted by Gasteiger charge is -2.32. The van der Waals surface area contributed by atoms with Gasteiger partial charge in [0.15, 0.2) is 0 Å². The zero-order chi connectivity index (χ0) is 29.8. The van der Waals surface area contributed by atoms with Crippen molar-refractivity contribution in [3.63, 3.8) is 0 Å². The van der Waals surface area contributed by atoms with Gasteiger partial charge in [-0.3, -0.25) is 4.79 Å². The van der Waals surface area contributed by atoms with Gasteiger partial charge in [0.05, 0.1) is 12.5 Å². The third kappa shape index (κ3) is 9.41. The summed E-state index contributed by atoms with van der Waals surface area (Å²) >= 11 is 0.